The third-order valence-corrected chi connectivity index (χ3v) is 5.58. The number of aromatic nitrogens is 1. The average Bonchev–Trinajstić information content (AvgIpc) is 3.29. The number of amides is 1. The van der Waals surface area contributed by atoms with Gasteiger partial charge in [0.15, 0.2) is 5.58 Å². The van der Waals surface area contributed by atoms with E-state index in [9.17, 15) is 4.79 Å². The molecule has 5 nitrogen and oxygen atoms in total. The number of methoxy groups -OCH3 is 1. The zero-order valence-electron chi connectivity index (χ0n) is 18.3. The van der Waals surface area contributed by atoms with Gasteiger partial charge in [0.1, 0.15) is 11.3 Å². The summed E-state index contributed by atoms with van der Waals surface area (Å²) in [5, 5.41) is 3.02. The molecular weight excluding hydrogens is 412 g/mol. The number of carbonyl (C=O) groups is 1. The second-order valence-electron chi connectivity index (χ2n) is 7.78. The summed E-state index contributed by atoms with van der Waals surface area (Å²) in [6.45, 7) is 1.95. The third kappa shape index (κ3) is 4.21. The number of nitrogens with one attached hydrogen (secondary N) is 1. The van der Waals surface area contributed by atoms with Crippen LogP contribution in [-0.4, -0.2) is 18.0 Å². The molecule has 1 N–H and O–H groups in total. The fourth-order valence-corrected chi connectivity index (χ4v) is 3.69. The lowest BCUT2D eigenvalue weighted by Crippen LogP contribution is -2.12. The summed E-state index contributed by atoms with van der Waals surface area (Å²) in [5.41, 5.74) is 6.61. The molecule has 33 heavy (non-hydrogen) atoms. The molecule has 0 spiro atoms. The number of hydrogen-bond acceptors (Lipinski definition) is 4. The first-order chi connectivity index (χ1) is 16.1. The Morgan fingerprint density at radius 2 is 1.58 bits per heavy atom. The highest BCUT2D eigenvalue weighted by atomic mass is 16.5. The Bertz CT molecular complexity index is 1440. The Morgan fingerprint density at radius 1 is 0.848 bits per heavy atom. The summed E-state index contributed by atoms with van der Waals surface area (Å²) >= 11 is 0. The van der Waals surface area contributed by atoms with Gasteiger partial charge in [-0.2, -0.15) is 0 Å². The molecule has 0 saturated heterocycles. The van der Waals surface area contributed by atoms with Crippen molar-refractivity contribution in [3.63, 3.8) is 0 Å². The van der Waals surface area contributed by atoms with Crippen molar-refractivity contribution in [2.24, 2.45) is 0 Å². The van der Waals surface area contributed by atoms with Crippen molar-refractivity contribution in [2.45, 2.75) is 6.92 Å². The maximum atomic E-state index is 12.9. The van der Waals surface area contributed by atoms with Gasteiger partial charge < -0.3 is 14.5 Å². The van der Waals surface area contributed by atoms with Gasteiger partial charge in [0, 0.05) is 22.9 Å². The van der Waals surface area contributed by atoms with Crippen molar-refractivity contribution < 1.29 is 13.9 Å². The summed E-state index contributed by atoms with van der Waals surface area (Å²) in [7, 11) is 1.62. The molecule has 0 unspecified atom stereocenters. The van der Waals surface area contributed by atoms with Crippen molar-refractivity contribution in [2.75, 3.05) is 12.4 Å². The predicted molar refractivity (Wildman–Crippen MR) is 131 cm³/mol. The highest BCUT2D eigenvalue weighted by Crippen LogP contribution is 2.30. The molecule has 0 atom stereocenters. The number of nitrogens with zero attached hydrogens (tertiary/aromatic N) is 1. The van der Waals surface area contributed by atoms with Gasteiger partial charge in [0.05, 0.1) is 7.11 Å². The number of hydrogen-bond donors (Lipinski definition) is 1. The lowest BCUT2D eigenvalue weighted by molar-refractivity contribution is 0.102. The molecule has 5 heteroatoms. The number of carbonyl (C=O) groups excluding carboxylic acids is 1. The summed E-state index contributed by atoms with van der Waals surface area (Å²) in [4.78, 5) is 17.5. The minimum absolute atomic E-state index is 0.169. The van der Waals surface area contributed by atoms with Crippen LogP contribution in [0.4, 0.5) is 5.69 Å². The Morgan fingerprint density at radius 3 is 2.33 bits per heavy atom. The van der Waals surface area contributed by atoms with E-state index >= 15 is 0 Å². The van der Waals surface area contributed by atoms with Gasteiger partial charge in [-0.05, 0) is 60.0 Å². The van der Waals surface area contributed by atoms with E-state index in [1.807, 2.05) is 97.9 Å². The molecule has 0 fully saturated rings. The Hall–Kier alpha value is -4.38. The number of aryl methyl sites for hydroxylation is 1. The monoisotopic (exact) mass is 434 g/mol. The van der Waals surface area contributed by atoms with Crippen molar-refractivity contribution in [3.05, 3.63) is 102 Å². The summed E-state index contributed by atoms with van der Waals surface area (Å²) in [6, 6.07) is 28.9. The summed E-state index contributed by atoms with van der Waals surface area (Å²) < 4.78 is 11.2. The SMILES string of the molecule is COc1ccc2oc(-c3ccc(C)c(NC(=O)c4ccc(-c5ccccc5)cc4)c3)nc2c1. The van der Waals surface area contributed by atoms with Crippen molar-refractivity contribution in [1.29, 1.82) is 0 Å². The molecule has 0 radical (unpaired) electrons. The zero-order valence-corrected chi connectivity index (χ0v) is 18.3. The number of anilines is 1. The van der Waals surface area contributed by atoms with Crippen molar-refractivity contribution in [1.82, 2.24) is 4.98 Å². The van der Waals surface area contributed by atoms with Gasteiger partial charge in [-0.15, -0.1) is 0 Å². The first-order valence-corrected chi connectivity index (χ1v) is 10.6. The summed E-state index contributed by atoms with van der Waals surface area (Å²) in [5.74, 6) is 1.04. The van der Waals surface area contributed by atoms with Crippen LogP contribution in [0, 0.1) is 6.92 Å². The number of oxazole rings is 1. The van der Waals surface area contributed by atoms with Crippen LogP contribution in [0.5, 0.6) is 5.75 Å². The smallest absolute Gasteiger partial charge is 0.255 e. The molecule has 0 bridgehead atoms. The van der Waals surface area contributed by atoms with Gasteiger partial charge in [-0.25, -0.2) is 4.98 Å². The molecule has 5 rings (SSSR count). The van der Waals surface area contributed by atoms with E-state index in [1.165, 1.54) is 0 Å². The first kappa shape index (κ1) is 20.5. The lowest BCUT2D eigenvalue weighted by Gasteiger charge is -2.10. The minimum atomic E-state index is -0.169. The van der Waals surface area contributed by atoms with E-state index in [-0.39, 0.29) is 5.91 Å². The standard InChI is InChI=1S/C28H22N2O3/c1-18-8-9-22(28-30-25-17-23(32-2)14-15-26(25)33-28)16-24(18)29-27(31)21-12-10-20(11-13-21)19-6-4-3-5-7-19/h3-17H,1-2H3,(H,29,31). The van der Waals surface area contributed by atoms with Gasteiger partial charge in [0.25, 0.3) is 5.91 Å². The third-order valence-electron chi connectivity index (χ3n) is 5.58. The highest BCUT2D eigenvalue weighted by molar-refractivity contribution is 6.05. The van der Waals surface area contributed by atoms with Crippen LogP contribution in [0.25, 0.3) is 33.7 Å². The van der Waals surface area contributed by atoms with E-state index in [1.54, 1.807) is 7.11 Å². The molecule has 162 valence electrons. The van der Waals surface area contributed by atoms with Crippen LogP contribution in [0.15, 0.2) is 95.4 Å². The molecule has 0 aliphatic carbocycles. The maximum Gasteiger partial charge on any atom is 0.255 e. The van der Waals surface area contributed by atoms with Crippen LogP contribution < -0.4 is 10.1 Å². The van der Waals surface area contributed by atoms with Crippen LogP contribution in [-0.2, 0) is 0 Å². The van der Waals surface area contributed by atoms with Gasteiger partial charge >= 0.3 is 0 Å². The molecule has 0 aliphatic rings. The normalized spacial score (nSPS) is 10.8. The highest BCUT2D eigenvalue weighted by Gasteiger charge is 2.13. The van der Waals surface area contributed by atoms with Crippen LogP contribution in [0.3, 0.4) is 0 Å². The second-order valence-corrected chi connectivity index (χ2v) is 7.78. The van der Waals surface area contributed by atoms with E-state index in [4.69, 9.17) is 9.15 Å². The number of ether oxygens (including phenoxy) is 1. The Kier molecular flexibility index (Phi) is 5.37. The zero-order chi connectivity index (χ0) is 22.8. The maximum absolute atomic E-state index is 12.9. The van der Waals surface area contributed by atoms with Crippen LogP contribution in [0.1, 0.15) is 15.9 Å². The number of fused-ring (bicyclic) bond motifs is 1. The Balaban J connectivity index is 1.39. The lowest BCUT2D eigenvalue weighted by atomic mass is 10.0. The molecule has 0 saturated carbocycles. The predicted octanol–water partition coefficient (Wildman–Crippen LogP) is 6.73. The second kappa shape index (κ2) is 8.63. The van der Waals surface area contributed by atoms with Crippen LogP contribution >= 0.6 is 0 Å². The molecule has 1 heterocycles. The van der Waals surface area contributed by atoms with Gasteiger partial charge in [0.2, 0.25) is 5.89 Å². The molecule has 1 amide bonds. The van der Waals surface area contributed by atoms with Gasteiger partial charge in [-0.3, -0.25) is 4.79 Å². The van der Waals surface area contributed by atoms with Crippen molar-refractivity contribution in [3.8, 4) is 28.3 Å². The quantitative estimate of drug-likeness (QED) is 0.333. The van der Waals surface area contributed by atoms with E-state index in [0.717, 1.165) is 28.0 Å². The van der Waals surface area contributed by atoms with Crippen LogP contribution in [0.2, 0.25) is 0 Å². The average molecular weight is 434 g/mol. The first-order valence-electron chi connectivity index (χ1n) is 10.6. The molecular formula is C28H22N2O3. The molecule has 5 aromatic rings. The summed E-state index contributed by atoms with van der Waals surface area (Å²) in [6.07, 6.45) is 0. The topological polar surface area (TPSA) is 64.4 Å². The number of benzene rings is 4. The molecule has 4 aromatic carbocycles. The molecule has 0 aliphatic heterocycles. The fraction of sp³-hybridized carbons (Fsp3) is 0.0714. The Labute approximate surface area is 191 Å². The molecule has 1 aromatic heterocycles. The fourth-order valence-electron chi connectivity index (χ4n) is 3.69. The van der Waals surface area contributed by atoms with Crippen molar-refractivity contribution >= 4 is 22.7 Å². The van der Waals surface area contributed by atoms with E-state index in [0.29, 0.717) is 28.2 Å². The minimum Gasteiger partial charge on any atom is -0.497 e. The van der Waals surface area contributed by atoms with E-state index < -0.39 is 0 Å². The van der Waals surface area contributed by atoms with E-state index in [2.05, 4.69) is 10.3 Å². The largest absolute Gasteiger partial charge is 0.497 e. The number of rotatable bonds is 5. The van der Waals surface area contributed by atoms with Gasteiger partial charge in [-0.1, -0.05) is 48.5 Å².